The van der Waals surface area contributed by atoms with E-state index < -0.39 is 0 Å². The van der Waals surface area contributed by atoms with Crippen molar-refractivity contribution in [3.63, 3.8) is 0 Å². The molecule has 0 N–H and O–H groups in total. The van der Waals surface area contributed by atoms with E-state index in [0.29, 0.717) is 6.42 Å². The fourth-order valence-electron chi connectivity index (χ4n) is 2.34. The quantitative estimate of drug-likeness (QED) is 0.716. The lowest BCUT2D eigenvalue weighted by molar-refractivity contribution is 0.269. The third-order valence-corrected chi connectivity index (χ3v) is 3.14. The van der Waals surface area contributed by atoms with Crippen molar-refractivity contribution in [3.8, 4) is 6.07 Å². The zero-order valence-electron chi connectivity index (χ0n) is 8.53. The van der Waals surface area contributed by atoms with Crippen LogP contribution in [0.3, 0.4) is 0 Å². The lowest BCUT2D eigenvalue weighted by atomic mass is 9.94. The highest BCUT2D eigenvalue weighted by molar-refractivity contribution is 5.05. The van der Waals surface area contributed by atoms with Crippen LogP contribution in [0.5, 0.6) is 0 Å². The average Bonchev–Trinajstić information content (AvgIpc) is 2.75. The number of hydrogen-bond acceptors (Lipinski definition) is 2. The largest absolute Gasteiger partial charge is 0.265 e. The number of nitriles is 1. The minimum absolute atomic E-state index is 0.00299. The maximum Gasteiger partial charge on any atom is 0.0757 e. The lowest BCUT2D eigenvalue weighted by Gasteiger charge is -2.26. The normalized spacial score (nSPS) is 19.4. The smallest absolute Gasteiger partial charge is 0.0757 e. The standard InChI is InChI=1S/C11H15N3/c1-10-8-13-14(9-10)11(6-7-12)4-2-3-5-11/h8-9H,2-6H2,1H3. The zero-order chi connectivity index (χ0) is 10.0. The van der Waals surface area contributed by atoms with E-state index in [2.05, 4.69) is 17.4 Å². The average molecular weight is 189 g/mol. The Morgan fingerprint density at radius 2 is 2.29 bits per heavy atom. The molecule has 0 atom stereocenters. The van der Waals surface area contributed by atoms with Crippen molar-refractivity contribution in [3.05, 3.63) is 18.0 Å². The molecule has 0 aliphatic heterocycles. The first-order chi connectivity index (χ1) is 6.77. The van der Waals surface area contributed by atoms with Crippen LogP contribution in [0.25, 0.3) is 0 Å². The molecular formula is C11H15N3. The molecule has 3 nitrogen and oxygen atoms in total. The Morgan fingerprint density at radius 1 is 1.57 bits per heavy atom. The fraction of sp³-hybridized carbons (Fsp3) is 0.636. The van der Waals surface area contributed by atoms with Crippen LogP contribution in [-0.2, 0) is 5.54 Å². The summed E-state index contributed by atoms with van der Waals surface area (Å²) in [5, 5.41) is 13.2. The highest BCUT2D eigenvalue weighted by Crippen LogP contribution is 2.38. The third-order valence-electron chi connectivity index (χ3n) is 3.14. The molecule has 0 spiro atoms. The molecule has 0 aromatic carbocycles. The van der Waals surface area contributed by atoms with Crippen LogP contribution in [0.15, 0.2) is 12.4 Å². The lowest BCUT2D eigenvalue weighted by Crippen LogP contribution is -2.30. The SMILES string of the molecule is Cc1cnn(C2(CC#N)CCCC2)c1. The number of aryl methyl sites for hydroxylation is 1. The van der Waals surface area contributed by atoms with Gasteiger partial charge in [-0.3, -0.25) is 4.68 Å². The van der Waals surface area contributed by atoms with Gasteiger partial charge >= 0.3 is 0 Å². The van der Waals surface area contributed by atoms with Crippen molar-refractivity contribution in [2.75, 3.05) is 0 Å². The molecule has 1 heterocycles. The van der Waals surface area contributed by atoms with Crippen LogP contribution < -0.4 is 0 Å². The van der Waals surface area contributed by atoms with E-state index in [1.807, 2.05) is 17.8 Å². The van der Waals surface area contributed by atoms with Gasteiger partial charge in [-0.25, -0.2) is 0 Å². The van der Waals surface area contributed by atoms with Gasteiger partial charge < -0.3 is 0 Å². The number of rotatable bonds is 2. The first-order valence-electron chi connectivity index (χ1n) is 5.16. The van der Waals surface area contributed by atoms with Crippen LogP contribution in [0, 0.1) is 18.3 Å². The monoisotopic (exact) mass is 189 g/mol. The van der Waals surface area contributed by atoms with Gasteiger partial charge in [0.15, 0.2) is 0 Å². The summed E-state index contributed by atoms with van der Waals surface area (Å²) >= 11 is 0. The molecule has 1 aliphatic carbocycles. The van der Waals surface area contributed by atoms with Gasteiger partial charge in [0.05, 0.1) is 24.2 Å². The highest BCUT2D eigenvalue weighted by Gasteiger charge is 2.36. The second-order valence-electron chi connectivity index (χ2n) is 4.23. The van der Waals surface area contributed by atoms with Crippen LogP contribution >= 0.6 is 0 Å². The molecule has 1 saturated carbocycles. The Hall–Kier alpha value is -1.30. The second-order valence-corrected chi connectivity index (χ2v) is 4.23. The van der Waals surface area contributed by atoms with Crippen LogP contribution in [0.2, 0.25) is 0 Å². The predicted octanol–water partition coefficient (Wildman–Crippen LogP) is 2.37. The van der Waals surface area contributed by atoms with Crippen LogP contribution in [-0.4, -0.2) is 9.78 Å². The Kier molecular flexibility index (Phi) is 2.28. The van der Waals surface area contributed by atoms with Crippen molar-refractivity contribution >= 4 is 0 Å². The number of hydrogen-bond donors (Lipinski definition) is 0. The molecule has 3 heteroatoms. The summed E-state index contributed by atoms with van der Waals surface area (Å²) in [6.07, 6.45) is 9.17. The first-order valence-corrected chi connectivity index (χ1v) is 5.16. The van der Waals surface area contributed by atoms with Crippen molar-refractivity contribution in [1.82, 2.24) is 9.78 Å². The van der Waals surface area contributed by atoms with Gasteiger partial charge in [0, 0.05) is 6.20 Å². The van der Waals surface area contributed by atoms with Crippen LogP contribution in [0.4, 0.5) is 0 Å². The first kappa shape index (κ1) is 9.26. The van der Waals surface area contributed by atoms with E-state index in [-0.39, 0.29) is 5.54 Å². The highest BCUT2D eigenvalue weighted by atomic mass is 15.3. The molecule has 0 saturated heterocycles. The van der Waals surface area contributed by atoms with Gasteiger partial charge in [0.1, 0.15) is 0 Å². The molecule has 0 radical (unpaired) electrons. The number of nitrogens with zero attached hydrogens (tertiary/aromatic N) is 3. The van der Waals surface area contributed by atoms with E-state index in [9.17, 15) is 0 Å². The summed E-state index contributed by atoms with van der Waals surface area (Å²) in [5.41, 5.74) is 1.18. The summed E-state index contributed by atoms with van der Waals surface area (Å²) in [5.74, 6) is 0. The Bertz CT molecular complexity index is 353. The minimum atomic E-state index is 0.00299. The fourth-order valence-corrected chi connectivity index (χ4v) is 2.34. The summed E-state index contributed by atoms with van der Waals surface area (Å²) in [6, 6.07) is 2.30. The van der Waals surface area contributed by atoms with E-state index >= 15 is 0 Å². The van der Waals surface area contributed by atoms with Crippen molar-refractivity contribution in [1.29, 1.82) is 5.26 Å². The summed E-state index contributed by atoms with van der Waals surface area (Å²) in [6.45, 7) is 2.04. The Labute approximate surface area is 84.3 Å². The molecular weight excluding hydrogens is 174 g/mol. The van der Waals surface area contributed by atoms with Gasteiger partial charge in [-0.15, -0.1) is 0 Å². The van der Waals surface area contributed by atoms with E-state index in [1.54, 1.807) is 0 Å². The van der Waals surface area contributed by atoms with E-state index in [1.165, 1.54) is 18.4 Å². The maximum absolute atomic E-state index is 8.87. The van der Waals surface area contributed by atoms with Crippen molar-refractivity contribution in [2.24, 2.45) is 0 Å². The van der Waals surface area contributed by atoms with Gasteiger partial charge in [0.2, 0.25) is 0 Å². The molecule has 0 unspecified atom stereocenters. The predicted molar refractivity (Wildman–Crippen MR) is 53.6 cm³/mol. The molecule has 1 aromatic rings. The topological polar surface area (TPSA) is 41.6 Å². The molecule has 2 rings (SSSR count). The van der Waals surface area contributed by atoms with Crippen molar-refractivity contribution in [2.45, 2.75) is 44.6 Å². The minimum Gasteiger partial charge on any atom is -0.265 e. The molecule has 1 aliphatic rings. The van der Waals surface area contributed by atoms with E-state index in [4.69, 9.17) is 5.26 Å². The summed E-state index contributed by atoms with van der Waals surface area (Å²) in [4.78, 5) is 0. The number of aromatic nitrogens is 2. The zero-order valence-corrected chi connectivity index (χ0v) is 8.53. The van der Waals surface area contributed by atoms with Gasteiger partial charge in [-0.2, -0.15) is 10.4 Å². The second kappa shape index (κ2) is 3.45. The molecule has 14 heavy (non-hydrogen) atoms. The third kappa shape index (κ3) is 1.41. The molecule has 0 bridgehead atoms. The maximum atomic E-state index is 8.87. The van der Waals surface area contributed by atoms with Crippen molar-refractivity contribution < 1.29 is 0 Å². The molecule has 1 fully saturated rings. The molecule has 1 aromatic heterocycles. The van der Waals surface area contributed by atoms with Gasteiger partial charge in [-0.05, 0) is 25.3 Å². The Balaban J connectivity index is 2.31. The van der Waals surface area contributed by atoms with Gasteiger partial charge in [0.25, 0.3) is 0 Å². The Morgan fingerprint density at radius 3 is 2.79 bits per heavy atom. The van der Waals surface area contributed by atoms with E-state index in [0.717, 1.165) is 12.8 Å². The van der Waals surface area contributed by atoms with Crippen LogP contribution in [0.1, 0.15) is 37.7 Å². The summed E-state index contributed by atoms with van der Waals surface area (Å²) in [7, 11) is 0. The summed E-state index contributed by atoms with van der Waals surface area (Å²) < 4.78 is 2.01. The molecule has 0 amide bonds. The molecule has 74 valence electrons. The van der Waals surface area contributed by atoms with Gasteiger partial charge in [-0.1, -0.05) is 12.8 Å².